The summed E-state index contributed by atoms with van der Waals surface area (Å²) >= 11 is 0. The molecule has 0 radical (unpaired) electrons. The molecule has 0 aliphatic carbocycles. The zero-order valence-corrected chi connectivity index (χ0v) is 19.6. The number of rotatable bonds is 7. The van der Waals surface area contributed by atoms with Gasteiger partial charge in [0.25, 0.3) is 11.5 Å². The van der Waals surface area contributed by atoms with Gasteiger partial charge >= 0.3 is 6.18 Å². The maximum atomic E-state index is 13.4. The fourth-order valence-electron chi connectivity index (χ4n) is 3.81. The molecule has 3 aromatic heterocycles. The Morgan fingerprint density at radius 2 is 1.97 bits per heavy atom. The summed E-state index contributed by atoms with van der Waals surface area (Å²) in [5.41, 5.74) is -0.0636. The maximum absolute atomic E-state index is 13.4. The number of nitrogens with one attached hydrogen (secondary N) is 1. The highest BCUT2D eigenvalue weighted by Gasteiger charge is 2.31. The molecule has 0 fully saturated rings. The van der Waals surface area contributed by atoms with Crippen molar-refractivity contribution in [2.24, 2.45) is 7.05 Å². The molecule has 1 amide bonds. The lowest BCUT2D eigenvalue weighted by Crippen LogP contribution is -2.33. The van der Waals surface area contributed by atoms with E-state index in [1.807, 2.05) is 0 Å². The van der Waals surface area contributed by atoms with Gasteiger partial charge in [0.1, 0.15) is 11.3 Å². The molecule has 4 rings (SSSR count). The Hall–Kier alpha value is -4.19. The number of methoxy groups -OCH3 is 1. The molecule has 0 bridgehead atoms. The Morgan fingerprint density at radius 1 is 1.19 bits per heavy atom. The third kappa shape index (κ3) is 4.93. The van der Waals surface area contributed by atoms with Crippen molar-refractivity contribution in [3.63, 3.8) is 0 Å². The molecular formula is C24H22F3N5O4. The second kappa shape index (κ2) is 9.82. The predicted molar refractivity (Wildman–Crippen MR) is 122 cm³/mol. The van der Waals surface area contributed by atoms with Crippen molar-refractivity contribution in [3.05, 3.63) is 87.3 Å². The molecule has 0 unspecified atom stereocenters. The van der Waals surface area contributed by atoms with Crippen molar-refractivity contribution < 1.29 is 27.2 Å². The predicted octanol–water partition coefficient (Wildman–Crippen LogP) is 3.63. The van der Waals surface area contributed by atoms with Gasteiger partial charge in [-0.2, -0.15) is 18.3 Å². The maximum Gasteiger partial charge on any atom is 0.416 e. The van der Waals surface area contributed by atoms with Gasteiger partial charge in [0.15, 0.2) is 5.76 Å². The van der Waals surface area contributed by atoms with Gasteiger partial charge in [0, 0.05) is 43.4 Å². The number of nitrogens with zero attached hydrogens (tertiary/aromatic N) is 4. The number of aromatic nitrogens is 4. The fourth-order valence-corrected chi connectivity index (χ4v) is 3.81. The van der Waals surface area contributed by atoms with Gasteiger partial charge in [-0.05, 0) is 37.3 Å². The van der Waals surface area contributed by atoms with E-state index in [4.69, 9.17) is 9.26 Å². The zero-order chi connectivity index (χ0) is 26.0. The summed E-state index contributed by atoms with van der Waals surface area (Å²) in [7, 11) is 3.18. The van der Waals surface area contributed by atoms with Crippen LogP contribution in [0.15, 0.2) is 58.0 Å². The van der Waals surface area contributed by atoms with Crippen LogP contribution in [-0.4, -0.2) is 32.5 Å². The van der Waals surface area contributed by atoms with Gasteiger partial charge in [-0.15, -0.1) is 0 Å². The number of aryl methyl sites for hydroxylation is 1. The van der Waals surface area contributed by atoms with Crippen molar-refractivity contribution in [2.45, 2.75) is 26.3 Å². The number of carbonyl (C=O) groups is 1. The molecule has 0 aliphatic rings. The number of carbonyl (C=O) groups excluding carboxylic acids is 1. The van der Waals surface area contributed by atoms with Gasteiger partial charge in [0.05, 0.1) is 24.4 Å². The molecule has 1 N–H and O–H groups in total. The van der Waals surface area contributed by atoms with Crippen LogP contribution in [0.3, 0.4) is 0 Å². The molecule has 188 valence electrons. The molecule has 12 heteroatoms. The Balaban J connectivity index is 1.80. The van der Waals surface area contributed by atoms with Crippen molar-refractivity contribution in [3.8, 4) is 16.9 Å². The summed E-state index contributed by atoms with van der Waals surface area (Å²) in [5.74, 6) is -0.388. The SMILES string of the molecule is COCc1cc(CNC(=O)c2cc(-c3ccnn3C)c(C)n(-c3cccc(C(F)(F)F)c3)c2=O)on1. The van der Waals surface area contributed by atoms with Crippen LogP contribution in [0.1, 0.15) is 33.1 Å². The molecular weight excluding hydrogens is 479 g/mol. The Labute approximate surface area is 203 Å². The standard InChI is InChI=1S/C24H22F3N5O4/c1-14-19(21-7-8-29-31(21)2)11-20(22(33)28-12-18-10-16(13-35-3)30-36-18)23(34)32(14)17-6-4-5-15(9-17)24(25,26)27/h4-11H,12-13H2,1-3H3,(H,28,33). The van der Waals surface area contributed by atoms with E-state index in [1.54, 1.807) is 26.1 Å². The first kappa shape index (κ1) is 24.9. The first-order valence-corrected chi connectivity index (χ1v) is 10.7. The minimum atomic E-state index is -4.61. The quantitative estimate of drug-likeness (QED) is 0.415. The summed E-state index contributed by atoms with van der Waals surface area (Å²) in [6.07, 6.45) is -3.07. The van der Waals surface area contributed by atoms with E-state index in [2.05, 4.69) is 15.6 Å². The third-order valence-electron chi connectivity index (χ3n) is 5.54. The molecule has 36 heavy (non-hydrogen) atoms. The molecule has 0 saturated heterocycles. The number of ether oxygens (including phenoxy) is 1. The molecule has 1 aromatic carbocycles. The van der Waals surface area contributed by atoms with E-state index in [1.165, 1.54) is 36.2 Å². The van der Waals surface area contributed by atoms with Crippen molar-refractivity contribution in [1.82, 2.24) is 24.8 Å². The first-order valence-electron chi connectivity index (χ1n) is 10.7. The van der Waals surface area contributed by atoms with Crippen molar-refractivity contribution >= 4 is 5.91 Å². The normalized spacial score (nSPS) is 11.6. The second-order valence-electron chi connectivity index (χ2n) is 7.99. The average Bonchev–Trinajstić information content (AvgIpc) is 3.46. The van der Waals surface area contributed by atoms with Gasteiger partial charge in [0.2, 0.25) is 0 Å². The van der Waals surface area contributed by atoms with E-state index in [0.29, 0.717) is 28.4 Å². The number of pyridine rings is 1. The molecule has 0 saturated carbocycles. The molecule has 4 aromatic rings. The summed E-state index contributed by atoms with van der Waals surface area (Å²) in [6.45, 7) is 1.76. The summed E-state index contributed by atoms with van der Waals surface area (Å²) in [4.78, 5) is 26.5. The zero-order valence-electron chi connectivity index (χ0n) is 19.6. The number of alkyl halides is 3. The largest absolute Gasteiger partial charge is 0.416 e. The second-order valence-corrected chi connectivity index (χ2v) is 7.99. The Morgan fingerprint density at radius 3 is 2.64 bits per heavy atom. The van der Waals surface area contributed by atoms with Gasteiger partial charge in [-0.1, -0.05) is 11.2 Å². The van der Waals surface area contributed by atoms with Crippen LogP contribution < -0.4 is 10.9 Å². The third-order valence-corrected chi connectivity index (χ3v) is 5.54. The van der Waals surface area contributed by atoms with Crippen LogP contribution >= 0.6 is 0 Å². The average molecular weight is 501 g/mol. The molecule has 0 atom stereocenters. The molecule has 3 heterocycles. The van der Waals surface area contributed by atoms with Gasteiger partial charge in [-0.3, -0.25) is 18.8 Å². The van der Waals surface area contributed by atoms with Crippen LogP contribution in [0.5, 0.6) is 0 Å². The van der Waals surface area contributed by atoms with E-state index < -0.39 is 23.2 Å². The minimum Gasteiger partial charge on any atom is -0.378 e. The van der Waals surface area contributed by atoms with Crippen LogP contribution in [0.2, 0.25) is 0 Å². The first-order chi connectivity index (χ1) is 17.1. The highest BCUT2D eigenvalue weighted by Crippen LogP contribution is 2.31. The molecule has 0 aliphatic heterocycles. The highest BCUT2D eigenvalue weighted by atomic mass is 19.4. The highest BCUT2D eigenvalue weighted by molar-refractivity contribution is 5.95. The number of halogens is 3. The Bertz CT molecular complexity index is 1470. The molecule has 0 spiro atoms. The Kier molecular flexibility index (Phi) is 6.80. The lowest BCUT2D eigenvalue weighted by molar-refractivity contribution is -0.137. The van der Waals surface area contributed by atoms with Crippen LogP contribution in [-0.2, 0) is 31.1 Å². The number of amides is 1. The van der Waals surface area contributed by atoms with Crippen LogP contribution in [0.25, 0.3) is 16.9 Å². The summed E-state index contributed by atoms with van der Waals surface area (Å²) < 4.78 is 52.9. The lowest BCUT2D eigenvalue weighted by atomic mass is 10.1. The van der Waals surface area contributed by atoms with Crippen molar-refractivity contribution in [2.75, 3.05) is 7.11 Å². The summed E-state index contributed by atoms with van der Waals surface area (Å²) in [5, 5.41) is 10.5. The van der Waals surface area contributed by atoms with E-state index in [9.17, 15) is 22.8 Å². The monoisotopic (exact) mass is 501 g/mol. The van der Waals surface area contributed by atoms with E-state index >= 15 is 0 Å². The fraction of sp³-hybridized carbons (Fsp3) is 0.250. The van der Waals surface area contributed by atoms with Crippen LogP contribution in [0.4, 0.5) is 13.2 Å². The number of benzene rings is 1. The van der Waals surface area contributed by atoms with E-state index in [-0.39, 0.29) is 24.4 Å². The smallest absolute Gasteiger partial charge is 0.378 e. The van der Waals surface area contributed by atoms with Crippen molar-refractivity contribution in [1.29, 1.82) is 0 Å². The van der Waals surface area contributed by atoms with Gasteiger partial charge in [-0.25, -0.2) is 0 Å². The van der Waals surface area contributed by atoms with Crippen LogP contribution in [0, 0.1) is 6.92 Å². The topological polar surface area (TPSA) is 104 Å². The minimum absolute atomic E-state index is 0.0233. The molecule has 9 nitrogen and oxygen atoms in total. The number of hydrogen-bond acceptors (Lipinski definition) is 6. The summed E-state index contributed by atoms with van der Waals surface area (Å²) in [6, 6.07) is 9.06. The van der Waals surface area contributed by atoms with E-state index in [0.717, 1.165) is 16.7 Å². The number of hydrogen-bond donors (Lipinski definition) is 1. The lowest BCUT2D eigenvalue weighted by Gasteiger charge is -2.18. The van der Waals surface area contributed by atoms with Gasteiger partial charge < -0.3 is 14.6 Å².